The molecule has 18 heavy (non-hydrogen) atoms. The van der Waals surface area contributed by atoms with Crippen LogP contribution in [0.5, 0.6) is 5.75 Å². The molecule has 1 aromatic carbocycles. The Hall–Kier alpha value is -1.28. The molecule has 0 aliphatic heterocycles. The molecule has 0 fully saturated rings. The van der Waals surface area contributed by atoms with Crippen molar-refractivity contribution in [3.8, 4) is 5.75 Å². The molecule has 2 heteroatoms. The van der Waals surface area contributed by atoms with E-state index in [4.69, 9.17) is 4.74 Å². The minimum absolute atomic E-state index is 0.781. The molecule has 2 nitrogen and oxygen atoms in total. The lowest BCUT2D eigenvalue weighted by Crippen LogP contribution is -2.11. The Kier molecular flexibility index (Phi) is 5.28. The highest BCUT2D eigenvalue weighted by atomic mass is 16.5. The highest BCUT2D eigenvalue weighted by Gasteiger charge is 2.06. The van der Waals surface area contributed by atoms with Crippen LogP contribution >= 0.6 is 0 Å². The third kappa shape index (κ3) is 3.88. The van der Waals surface area contributed by atoms with Gasteiger partial charge >= 0.3 is 0 Å². The molecule has 1 aromatic rings. The van der Waals surface area contributed by atoms with Crippen LogP contribution in [0.25, 0.3) is 5.57 Å². The molecule has 1 N–H and O–H groups in total. The maximum absolute atomic E-state index is 5.69. The highest BCUT2D eigenvalue weighted by Crippen LogP contribution is 2.27. The number of ether oxygens (including phenoxy) is 1. The number of hydrogen-bond donors (Lipinski definition) is 1. The van der Waals surface area contributed by atoms with Gasteiger partial charge in [-0.3, -0.25) is 0 Å². The smallest absolute Gasteiger partial charge is 0.119 e. The molecule has 1 aliphatic rings. The molecule has 0 saturated heterocycles. The zero-order chi connectivity index (χ0) is 12.6. The molecule has 0 saturated carbocycles. The maximum atomic E-state index is 5.69. The lowest BCUT2D eigenvalue weighted by atomic mass is 9.94. The Morgan fingerprint density at radius 2 is 2.00 bits per heavy atom. The Bertz CT molecular complexity index is 381. The number of rotatable bonds is 6. The van der Waals surface area contributed by atoms with Crippen molar-refractivity contribution in [2.45, 2.75) is 32.1 Å². The summed E-state index contributed by atoms with van der Waals surface area (Å²) in [5.74, 6) is 0.978. The molecule has 0 heterocycles. The number of hydrogen-bond acceptors (Lipinski definition) is 2. The van der Waals surface area contributed by atoms with E-state index in [1.165, 1.54) is 36.8 Å². The van der Waals surface area contributed by atoms with E-state index in [0.717, 1.165) is 25.3 Å². The van der Waals surface area contributed by atoms with E-state index in [0.29, 0.717) is 0 Å². The Morgan fingerprint density at radius 3 is 2.67 bits per heavy atom. The average Bonchev–Trinajstić information content (AvgIpc) is 2.45. The molecule has 0 atom stereocenters. The minimum atomic E-state index is 0.781. The summed E-state index contributed by atoms with van der Waals surface area (Å²) in [4.78, 5) is 0. The summed E-state index contributed by atoms with van der Waals surface area (Å²) in [5.41, 5.74) is 2.86. The normalized spacial score (nSPS) is 15.3. The Morgan fingerprint density at radius 1 is 1.17 bits per heavy atom. The molecule has 98 valence electrons. The lowest BCUT2D eigenvalue weighted by molar-refractivity contribution is 0.310. The first-order valence-corrected chi connectivity index (χ1v) is 6.97. The second kappa shape index (κ2) is 7.22. The second-order valence-corrected chi connectivity index (χ2v) is 4.81. The van der Waals surface area contributed by atoms with Crippen LogP contribution in [0, 0.1) is 0 Å². The van der Waals surface area contributed by atoms with Gasteiger partial charge in [-0.25, -0.2) is 0 Å². The Balaban J connectivity index is 1.87. The van der Waals surface area contributed by atoms with Crippen LogP contribution in [0.2, 0.25) is 0 Å². The van der Waals surface area contributed by atoms with Crippen LogP contribution in [-0.4, -0.2) is 20.2 Å². The summed E-state index contributed by atoms with van der Waals surface area (Å²) in [6.45, 7) is 1.79. The minimum Gasteiger partial charge on any atom is -0.494 e. The van der Waals surface area contributed by atoms with Crippen molar-refractivity contribution in [1.82, 2.24) is 5.32 Å². The van der Waals surface area contributed by atoms with E-state index in [1.54, 1.807) is 0 Å². The topological polar surface area (TPSA) is 21.3 Å². The van der Waals surface area contributed by atoms with Gasteiger partial charge in [0.1, 0.15) is 5.75 Å². The van der Waals surface area contributed by atoms with Gasteiger partial charge in [-0.05, 0) is 69.0 Å². The van der Waals surface area contributed by atoms with Crippen molar-refractivity contribution in [3.63, 3.8) is 0 Å². The second-order valence-electron chi connectivity index (χ2n) is 4.81. The van der Waals surface area contributed by atoms with E-state index in [2.05, 4.69) is 35.7 Å². The predicted octanol–water partition coefficient (Wildman–Crippen LogP) is 3.63. The lowest BCUT2D eigenvalue weighted by Gasteiger charge is -2.13. The van der Waals surface area contributed by atoms with Crippen molar-refractivity contribution in [3.05, 3.63) is 35.9 Å². The number of benzene rings is 1. The van der Waals surface area contributed by atoms with Gasteiger partial charge in [0, 0.05) is 0 Å². The molecular formula is C16H23NO. The summed E-state index contributed by atoms with van der Waals surface area (Å²) in [6.07, 6.45) is 8.56. The van der Waals surface area contributed by atoms with Crippen LogP contribution in [0.4, 0.5) is 0 Å². The standard InChI is InChI=1S/C16H23NO/c1-17-12-5-13-18-16-10-8-15(9-11-16)14-6-3-2-4-7-14/h6,8-11,17H,2-5,7,12-13H2,1H3. The molecule has 0 spiro atoms. The van der Waals surface area contributed by atoms with E-state index in [9.17, 15) is 0 Å². The van der Waals surface area contributed by atoms with Crippen molar-refractivity contribution in [1.29, 1.82) is 0 Å². The summed E-state index contributed by atoms with van der Waals surface area (Å²) < 4.78 is 5.69. The van der Waals surface area contributed by atoms with Crippen LogP contribution in [0.1, 0.15) is 37.7 Å². The van der Waals surface area contributed by atoms with Crippen molar-refractivity contribution >= 4 is 5.57 Å². The largest absolute Gasteiger partial charge is 0.494 e. The molecule has 2 rings (SSSR count). The van der Waals surface area contributed by atoms with Crippen molar-refractivity contribution < 1.29 is 4.74 Å². The first-order valence-electron chi connectivity index (χ1n) is 6.97. The molecule has 0 radical (unpaired) electrons. The summed E-state index contributed by atoms with van der Waals surface area (Å²) >= 11 is 0. The fourth-order valence-electron chi connectivity index (χ4n) is 2.30. The van der Waals surface area contributed by atoms with Gasteiger partial charge in [0.25, 0.3) is 0 Å². The van der Waals surface area contributed by atoms with Gasteiger partial charge < -0.3 is 10.1 Å². The Labute approximate surface area is 110 Å². The number of nitrogens with one attached hydrogen (secondary N) is 1. The van der Waals surface area contributed by atoms with Gasteiger partial charge in [0.15, 0.2) is 0 Å². The predicted molar refractivity (Wildman–Crippen MR) is 76.9 cm³/mol. The number of allylic oxidation sites excluding steroid dienone is 2. The third-order valence-corrected chi connectivity index (χ3v) is 3.36. The zero-order valence-electron chi connectivity index (χ0n) is 11.2. The SMILES string of the molecule is CNCCCOc1ccc(C2=CCCCC2)cc1. The maximum Gasteiger partial charge on any atom is 0.119 e. The van der Waals surface area contributed by atoms with E-state index < -0.39 is 0 Å². The summed E-state index contributed by atoms with van der Waals surface area (Å²) in [7, 11) is 1.96. The van der Waals surface area contributed by atoms with Crippen molar-refractivity contribution in [2.24, 2.45) is 0 Å². The van der Waals surface area contributed by atoms with Gasteiger partial charge in [-0.1, -0.05) is 18.2 Å². The first-order chi connectivity index (χ1) is 8.90. The highest BCUT2D eigenvalue weighted by molar-refractivity contribution is 5.66. The quantitative estimate of drug-likeness (QED) is 0.773. The fourth-order valence-corrected chi connectivity index (χ4v) is 2.30. The van der Waals surface area contributed by atoms with Crippen LogP contribution < -0.4 is 10.1 Å². The summed E-state index contributed by atoms with van der Waals surface area (Å²) in [5, 5.41) is 3.12. The summed E-state index contributed by atoms with van der Waals surface area (Å²) in [6, 6.07) is 8.55. The molecule has 0 bridgehead atoms. The van der Waals surface area contributed by atoms with Crippen LogP contribution in [-0.2, 0) is 0 Å². The molecule has 0 amide bonds. The fraction of sp³-hybridized carbons (Fsp3) is 0.500. The molecule has 0 aromatic heterocycles. The van der Waals surface area contributed by atoms with Crippen LogP contribution in [0.3, 0.4) is 0 Å². The zero-order valence-corrected chi connectivity index (χ0v) is 11.2. The van der Waals surface area contributed by atoms with Gasteiger partial charge in [0.05, 0.1) is 6.61 Å². The van der Waals surface area contributed by atoms with E-state index >= 15 is 0 Å². The van der Waals surface area contributed by atoms with Crippen molar-refractivity contribution in [2.75, 3.05) is 20.2 Å². The monoisotopic (exact) mass is 245 g/mol. The van der Waals surface area contributed by atoms with E-state index in [-0.39, 0.29) is 0 Å². The van der Waals surface area contributed by atoms with Crippen LogP contribution in [0.15, 0.2) is 30.3 Å². The third-order valence-electron chi connectivity index (χ3n) is 3.36. The van der Waals surface area contributed by atoms with E-state index in [1.807, 2.05) is 7.05 Å². The average molecular weight is 245 g/mol. The van der Waals surface area contributed by atoms with Gasteiger partial charge in [-0.2, -0.15) is 0 Å². The van der Waals surface area contributed by atoms with Gasteiger partial charge in [-0.15, -0.1) is 0 Å². The molecule has 1 aliphatic carbocycles. The molecule has 0 unspecified atom stereocenters. The van der Waals surface area contributed by atoms with Gasteiger partial charge in [0.2, 0.25) is 0 Å². The molecular weight excluding hydrogens is 222 g/mol. The first kappa shape index (κ1) is 13.2.